The third kappa shape index (κ3) is 6.07. The van der Waals surface area contributed by atoms with Gasteiger partial charge >= 0.3 is 0 Å². The molecule has 0 saturated carbocycles. The Morgan fingerprint density at radius 1 is 1.21 bits per heavy atom. The number of hydrogen-bond donors (Lipinski definition) is 2. The lowest BCUT2D eigenvalue weighted by molar-refractivity contribution is -0.122. The van der Waals surface area contributed by atoms with Crippen molar-refractivity contribution < 1.29 is 19.4 Å². The van der Waals surface area contributed by atoms with Crippen molar-refractivity contribution in [3.05, 3.63) is 80.7 Å². The smallest absolute Gasteiger partial charge is 0.254 e. The summed E-state index contributed by atoms with van der Waals surface area (Å²) in [6.45, 7) is 1.49. The standard InChI is InChI=1S/C28H28BrClN4O4/c29-21-5-3-18(4-6-21)24(16-35)32-26(36)15-34-14-20-2-1-19(12-22(20)28(34)37)27-23(30)13-31-25(33-27)11-17-7-9-38-10-8-17/h1-6,12-13,17,24,35H,7-11,14-16H2,(H,32,36)/t24-/m1/s1. The van der Waals surface area contributed by atoms with Crippen molar-refractivity contribution >= 4 is 39.3 Å². The van der Waals surface area contributed by atoms with Crippen molar-refractivity contribution in [1.29, 1.82) is 0 Å². The summed E-state index contributed by atoms with van der Waals surface area (Å²) in [5, 5.41) is 13.0. The van der Waals surface area contributed by atoms with Crippen LogP contribution in [0.2, 0.25) is 5.02 Å². The molecule has 2 N–H and O–H groups in total. The normalized spacial score (nSPS) is 16.4. The number of aliphatic hydroxyl groups excluding tert-OH is 1. The molecule has 198 valence electrons. The van der Waals surface area contributed by atoms with Crippen molar-refractivity contribution in [3.63, 3.8) is 0 Å². The van der Waals surface area contributed by atoms with E-state index in [1.165, 1.54) is 4.90 Å². The Kier molecular flexibility index (Phi) is 8.38. The molecule has 1 saturated heterocycles. The molecule has 1 aromatic heterocycles. The molecular formula is C28H28BrClN4O4. The van der Waals surface area contributed by atoms with Gasteiger partial charge in [0, 0.05) is 48.0 Å². The third-order valence-electron chi connectivity index (χ3n) is 6.99. The van der Waals surface area contributed by atoms with Crippen molar-refractivity contribution in [2.45, 2.75) is 31.8 Å². The van der Waals surface area contributed by atoms with Crippen LogP contribution in [0.3, 0.4) is 0 Å². The van der Waals surface area contributed by atoms with E-state index >= 15 is 0 Å². The second-order valence-corrected chi connectivity index (χ2v) is 11.0. The average molecular weight is 600 g/mol. The molecule has 2 aliphatic heterocycles. The van der Waals surface area contributed by atoms with Crippen LogP contribution in [0.5, 0.6) is 0 Å². The van der Waals surface area contributed by atoms with Gasteiger partial charge in [0.15, 0.2) is 0 Å². The second kappa shape index (κ2) is 11.9. The zero-order chi connectivity index (χ0) is 26.6. The second-order valence-electron chi connectivity index (χ2n) is 9.63. The Morgan fingerprint density at radius 3 is 2.71 bits per heavy atom. The first-order valence-electron chi connectivity index (χ1n) is 12.6. The highest BCUT2D eigenvalue weighted by Crippen LogP contribution is 2.31. The molecule has 5 rings (SSSR count). The number of amides is 2. The lowest BCUT2D eigenvalue weighted by Gasteiger charge is -2.21. The first-order chi connectivity index (χ1) is 18.4. The molecule has 2 aromatic carbocycles. The van der Waals surface area contributed by atoms with E-state index in [9.17, 15) is 14.7 Å². The molecule has 3 heterocycles. The number of ether oxygens (including phenoxy) is 1. The Balaban J connectivity index is 1.27. The summed E-state index contributed by atoms with van der Waals surface area (Å²) in [5.41, 5.74) is 3.48. The highest BCUT2D eigenvalue weighted by atomic mass is 79.9. The molecule has 38 heavy (non-hydrogen) atoms. The summed E-state index contributed by atoms with van der Waals surface area (Å²) < 4.78 is 6.35. The number of nitrogens with zero attached hydrogens (tertiary/aromatic N) is 3. The van der Waals surface area contributed by atoms with Gasteiger partial charge in [-0.15, -0.1) is 0 Å². The SMILES string of the molecule is O=C(CN1Cc2ccc(-c3nc(CC4CCOCC4)ncc3Cl)cc2C1=O)N[C@H](CO)c1ccc(Br)cc1. The predicted molar refractivity (Wildman–Crippen MR) is 147 cm³/mol. The third-order valence-corrected chi connectivity index (χ3v) is 7.80. The highest BCUT2D eigenvalue weighted by Gasteiger charge is 2.30. The van der Waals surface area contributed by atoms with Crippen LogP contribution in [-0.2, 0) is 22.5 Å². The van der Waals surface area contributed by atoms with Crippen LogP contribution in [0.25, 0.3) is 11.3 Å². The number of fused-ring (bicyclic) bond motifs is 1. The molecule has 8 nitrogen and oxygen atoms in total. The first-order valence-corrected chi connectivity index (χ1v) is 13.8. The summed E-state index contributed by atoms with van der Waals surface area (Å²) in [7, 11) is 0. The minimum absolute atomic E-state index is 0.112. The van der Waals surface area contributed by atoms with Gasteiger partial charge in [0.2, 0.25) is 5.91 Å². The van der Waals surface area contributed by atoms with E-state index in [4.69, 9.17) is 21.3 Å². The largest absolute Gasteiger partial charge is 0.394 e. The maximum Gasteiger partial charge on any atom is 0.254 e. The molecule has 0 spiro atoms. The molecule has 1 atom stereocenters. The fourth-order valence-electron chi connectivity index (χ4n) is 4.89. The summed E-state index contributed by atoms with van der Waals surface area (Å²) in [6, 6.07) is 12.4. The van der Waals surface area contributed by atoms with Gasteiger partial charge < -0.3 is 20.1 Å². The predicted octanol–water partition coefficient (Wildman–Crippen LogP) is 4.33. The van der Waals surface area contributed by atoms with E-state index in [-0.39, 0.29) is 25.0 Å². The first kappa shape index (κ1) is 26.7. The van der Waals surface area contributed by atoms with Gasteiger partial charge in [-0.2, -0.15) is 0 Å². The number of halogens is 2. The Labute approximate surface area is 234 Å². The number of carbonyl (C=O) groups is 2. The zero-order valence-corrected chi connectivity index (χ0v) is 23.0. The van der Waals surface area contributed by atoms with Crippen molar-refractivity contribution in [2.75, 3.05) is 26.4 Å². The van der Waals surface area contributed by atoms with Gasteiger partial charge in [0.05, 0.1) is 23.4 Å². The molecule has 0 radical (unpaired) electrons. The summed E-state index contributed by atoms with van der Waals surface area (Å²) in [5.74, 6) is 0.637. The molecule has 10 heteroatoms. The van der Waals surface area contributed by atoms with Crippen LogP contribution in [0.4, 0.5) is 0 Å². The van der Waals surface area contributed by atoms with Gasteiger partial charge in [0.1, 0.15) is 12.4 Å². The summed E-state index contributed by atoms with van der Waals surface area (Å²) >= 11 is 9.84. The molecule has 0 bridgehead atoms. The number of nitrogens with one attached hydrogen (secondary N) is 1. The molecule has 1 fully saturated rings. The summed E-state index contributed by atoms with van der Waals surface area (Å²) in [4.78, 5) is 36.6. The fraction of sp³-hybridized carbons (Fsp3) is 0.357. The quantitative estimate of drug-likeness (QED) is 0.399. The summed E-state index contributed by atoms with van der Waals surface area (Å²) in [6.07, 6.45) is 4.35. The Hall–Kier alpha value is -2.85. The molecule has 2 amide bonds. The maximum atomic E-state index is 13.2. The minimum Gasteiger partial charge on any atom is -0.394 e. The van der Waals surface area contributed by atoms with Gasteiger partial charge in [-0.3, -0.25) is 9.59 Å². The van der Waals surface area contributed by atoms with Crippen LogP contribution in [0.15, 0.2) is 53.1 Å². The Morgan fingerprint density at radius 2 is 1.97 bits per heavy atom. The van der Waals surface area contributed by atoms with E-state index in [1.54, 1.807) is 12.3 Å². The molecule has 0 aliphatic carbocycles. The molecule has 2 aliphatic rings. The fourth-order valence-corrected chi connectivity index (χ4v) is 5.36. The Bertz CT molecular complexity index is 1330. The zero-order valence-electron chi connectivity index (χ0n) is 20.7. The lowest BCUT2D eigenvalue weighted by Crippen LogP contribution is -2.40. The number of aromatic nitrogens is 2. The monoisotopic (exact) mass is 598 g/mol. The topological polar surface area (TPSA) is 105 Å². The van der Waals surface area contributed by atoms with Crippen LogP contribution in [0.1, 0.15) is 46.2 Å². The van der Waals surface area contributed by atoms with E-state index in [2.05, 4.69) is 26.2 Å². The van der Waals surface area contributed by atoms with Crippen molar-refractivity contribution in [3.8, 4) is 11.3 Å². The van der Waals surface area contributed by atoms with Crippen LogP contribution in [0, 0.1) is 5.92 Å². The lowest BCUT2D eigenvalue weighted by atomic mass is 9.96. The molecule has 3 aromatic rings. The number of benzene rings is 2. The number of rotatable bonds is 8. The number of carbonyl (C=O) groups excluding carboxylic acids is 2. The van der Waals surface area contributed by atoms with Gasteiger partial charge in [-0.05, 0) is 48.1 Å². The van der Waals surface area contributed by atoms with Crippen LogP contribution in [-0.4, -0.2) is 58.2 Å². The minimum atomic E-state index is -0.558. The van der Waals surface area contributed by atoms with Crippen molar-refractivity contribution in [1.82, 2.24) is 20.2 Å². The maximum absolute atomic E-state index is 13.2. The van der Waals surface area contributed by atoms with E-state index in [1.807, 2.05) is 36.4 Å². The van der Waals surface area contributed by atoms with Gasteiger partial charge in [-0.1, -0.05) is 51.8 Å². The molecule has 0 unspecified atom stereocenters. The van der Waals surface area contributed by atoms with E-state index in [0.717, 1.165) is 59.5 Å². The molecular weight excluding hydrogens is 572 g/mol. The van der Waals surface area contributed by atoms with Crippen LogP contribution < -0.4 is 5.32 Å². The van der Waals surface area contributed by atoms with Crippen molar-refractivity contribution in [2.24, 2.45) is 5.92 Å². The highest BCUT2D eigenvalue weighted by molar-refractivity contribution is 9.10. The number of hydrogen-bond acceptors (Lipinski definition) is 6. The van der Waals surface area contributed by atoms with Gasteiger partial charge in [0.25, 0.3) is 5.91 Å². The average Bonchev–Trinajstić information content (AvgIpc) is 3.23. The van der Waals surface area contributed by atoms with Gasteiger partial charge in [-0.25, -0.2) is 9.97 Å². The van der Waals surface area contributed by atoms with Crippen LogP contribution >= 0.6 is 27.5 Å². The van der Waals surface area contributed by atoms with E-state index < -0.39 is 6.04 Å². The van der Waals surface area contributed by atoms with E-state index in [0.29, 0.717) is 28.7 Å². The number of aliphatic hydroxyl groups is 1.